The van der Waals surface area contributed by atoms with E-state index in [1.165, 1.54) is 44.9 Å². The van der Waals surface area contributed by atoms with Crippen LogP contribution in [-0.4, -0.2) is 41.0 Å². The van der Waals surface area contributed by atoms with Crippen LogP contribution in [0.5, 0.6) is 0 Å². The summed E-state index contributed by atoms with van der Waals surface area (Å²) in [6.07, 6.45) is 19.0. The van der Waals surface area contributed by atoms with Crippen molar-refractivity contribution in [1.82, 2.24) is 0 Å². The first-order chi connectivity index (χ1) is 15.8. The molecule has 0 fully saturated rings. The molecule has 0 spiro atoms. The van der Waals surface area contributed by atoms with E-state index in [0.717, 1.165) is 32.1 Å². The van der Waals surface area contributed by atoms with Gasteiger partial charge in [-0.3, -0.25) is 14.1 Å². The molecule has 1 unspecified atom stereocenters. The van der Waals surface area contributed by atoms with Gasteiger partial charge in [0.25, 0.3) is 0 Å². The highest BCUT2D eigenvalue weighted by Crippen LogP contribution is 2.35. The van der Waals surface area contributed by atoms with Crippen molar-refractivity contribution in [3.8, 4) is 0 Å². The van der Waals surface area contributed by atoms with Crippen LogP contribution in [-0.2, 0) is 28.2 Å². The Hall–Kier alpha value is -1.21. The quantitative estimate of drug-likeness (QED) is 0.0817. The van der Waals surface area contributed by atoms with E-state index in [9.17, 15) is 14.2 Å². The van der Waals surface area contributed by atoms with E-state index in [1.807, 2.05) is 0 Å². The summed E-state index contributed by atoms with van der Waals surface area (Å²) >= 11 is 0. The smallest absolute Gasteiger partial charge is 0.462 e. The summed E-state index contributed by atoms with van der Waals surface area (Å²) in [5, 5.41) is 0. The molecular formula is C24H45O8P. The van der Waals surface area contributed by atoms with E-state index in [1.54, 1.807) is 6.92 Å². The summed E-state index contributed by atoms with van der Waals surface area (Å²) in [6, 6.07) is 0. The Labute approximate surface area is 199 Å². The van der Waals surface area contributed by atoms with Crippen molar-refractivity contribution < 1.29 is 37.9 Å². The van der Waals surface area contributed by atoms with Crippen molar-refractivity contribution in [2.75, 3.05) is 13.2 Å². The molecule has 0 aromatic heterocycles. The molecule has 0 saturated heterocycles. The highest BCUT2D eigenvalue weighted by molar-refractivity contribution is 7.46. The first-order valence-corrected chi connectivity index (χ1v) is 14.0. The number of carbonyl (C=O) groups excluding carboxylic acids is 2. The lowest BCUT2D eigenvalue weighted by Gasteiger charge is -2.18. The fraction of sp³-hybridized carbons (Fsp3) is 0.833. The van der Waals surface area contributed by atoms with E-state index >= 15 is 0 Å². The van der Waals surface area contributed by atoms with Gasteiger partial charge in [-0.15, -0.1) is 0 Å². The van der Waals surface area contributed by atoms with Gasteiger partial charge < -0.3 is 19.3 Å². The van der Waals surface area contributed by atoms with Crippen molar-refractivity contribution in [2.24, 2.45) is 0 Å². The van der Waals surface area contributed by atoms with Crippen LogP contribution in [0, 0.1) is 0 Å². The number of phosphoric ester groups is 1. The Morgan fingerprint density at radius 3 is 1.88 bits per heavy atom. The second-order valence-electron chi connectivity index (χ2n) is 8.27. The zero-order valence-electron chi connectivity index (χ0n) is 20.5. The third-order valence-corrected chi connectivity index (χ3v) is 5.57. The Morgan fingerprint density at radius 2 is 1.33 bits per heavy atom. The third-order valence-electron chi connectivity index (χ3n) is 5.09. The lowest BCUT2D eigenvalue weighted by atomic mass is 10.1. The van der Waals surface area contributed by atoms with E-state index in [2.05, 4.69) is 23.6 Å². The third kappa shape index (κ3) is 23.7. The molecule has 9 heteroatoms. The van der Waals surface area contributed by atoms with Crippen LogP contribution in [0.2, 0.25) is 0 Å². The van der Waals surface area contributed by atoms with Crippen LogP contribution >= 0.6 is 7.82 Å². The fourth-order valence-electron chi connectivity index (χ4n) is 3.17. The number of unbranched alkanes of at least 4 members (excludes halogenated alkanes) is 11. The summed E-state index contributed by atoms with van der Waals surface area (Å²) in [7, 11) is -4.71. The van der Waals surface area contributed by atoms with Crippen molar-refractivity contribution in [2.45, 2.75) is 116 Å². The second kappa shape index (κ2) is 21.3. The van der Waals surface area contributed by atoms with Crippen LogP contribution in [0.1, 0.15) is 110 Å². The lowest BCUT2D eigenvalue weighted by Crippen LogP contribution is -2.29. The number of hydrogen-bond donors (Lipinski definition) is 2. The molecule has 1 atom stereocenters. The Balaban J connectivity index is 3.82. The van der Waals surface area contributed by atoms with Gasteiger partial charge in [-0.25, -0.2) is 4.57 Å². The largest absolute Gasteiger partial charge is 0.469 e. The highest BCUT2D eigenvalue weighted by Gasteiger charge is 2.22. The second-order valence-corrected chi connectivity index (χ2v) is 9.51. The average Bonchev–Trinajstić information content (AvgIpc) is 2.77. The summed E-state index contributed by atoms with van der Waals surface area (Å²) in [6.45, 7) is 3.01. The van der Waals surface area contributed by atoms with Crippen molar-refractivity contribution >= 4 is 19.8 Å². The van der Waals surface area contributed by atoms with Crippen molar-refractivity contribution in [3.05, 3.63) is 12.2 Å². The molecule has 0 aliphatic rings. The maximum Gasteiger partial charge on any atom is 0.469 e. The predicted octanol–water partition coefficient (Wildman–Crippen LogP) is 6.00. The van der Waals surface area contributed by atoms with Gasteiger partial charge in [0.1, 0.15) is 6.61 Å². The molecule has 0 bridgehead atoms. The molecule has 0 rings (SSSR count). The normalized spacial score (nSPS) is 12.7. The van der Waals surface area contributed by atoms with Crippen LogP contribution in [0.25, 0.3) is 0 Å². The number of rotatable bonds is 22. The molecule has 0 aromatic rings. The van der Waals surface area contributed by atoms with Crippen LogP contribution in [0.3, 0.4) is 0 Å². The Bertz CT molecular complexity index is 573. The monoisotopic (exact) mass is 492 g/mol. The minimum atomic E-state index is -4.71. The van der Waals surface area contributed by atoms with Gasteiger partial charge in [0.05, 0.1) is 6.61 Å². The first-order valence-electron chi connectivity index (χ1n) is 12.5. The van der Waals surface area contributed by atoms with Gasteiger partial charge >= 0.3 is 19.8 Å². The van der Waals surface area contributed by atoms with Gasteiger partial charge in [-0.05, 0) is 32.1 Å². The van der Waals surface area contributed by atoms with Crippen LogP contribution in [0.15, 0.2) is 12.2 Å². The average molecular weight is 493 g/mol. The van der Waals surface area contributed by atoms with Crippen LogP contribution < -0.4 is 0 Å². The predicted molar refractivity (Wildman–Crippen MR) is 129 cm³/mol. The Kier molecular flexibility index (Phi) is 20.5. The van der Waals surface area contributed by atoms with Crippen LogP contribution in [0.4, 0.5) is 0 Å². The summed E-state index contributed by atoms with van der Waals surface area (Å²) in [5.74, 6) is -0.996. The summed E-state index contributed by atoms with van der Waals surface area (Å²) in [4.78, 5) is 40.9. The number of allylic oxidation sites excluding steroid dienone is 2. The molecule has 2 N–H and O–H groups in total. The number of hydrogen-bond acceptors (Lipinski definition) is 6. The maximum absolute atomic E-state index is 12.0. The number of phosphoric acid groups is 1. The van der Waals surface area contributed by atoms with E-state index in [-0.39, 0.29) is 19.4 Å². The first kappa shape index (κ1) is 31.8. The zero-order chi connectivity index (χ0) is 24.8. The minimum Gasteiger partial charge on any atom is -0.462 e. The molecule has 194 valence electrons. The molecule has 0 saturated carbocycles. The molecule has 0 aromatic carbocycles. The standard InChI is InChI=1S/C24H45O8P/c1-3-5-6-7-8-9-10-11-12-13-14-15-16-17-18-19-24(26)32-22(20-30-23(25)4-2)21-31-33(27,28)29/h11-12,22H,3-10,13-21H2,1-2H3,(H2,27,28,29)/b12-11-. The molecule has 0 heterocycles. The highest BCUT2D eigenvalue weighted by atomic mass is 31.2. The number of carbonyl (C=O) groups is 2. The van der Waals surface area contributed by atoms with Gasteiger partial charge in [0, 0.05) is 12.8 Å². The van der Waals surface area contributed by atoms with Gasteiger partial charge in [-0.2, -0.15) is 0 Å². The molecule has 0 amide bonds. The lowest BCUT2D eigenvalue weighted by molar-refractivity contribution is -0.161. The van der Waals surface area contributed by atoms with E-state index in [4.69, 9.17) is 19.3 Å². The topological polar surface area (TPSA) is 119 Å². The van der Waals surface area contributed by atoms with Gasteiger partial charge in [0.15, 0.2) is 6.10 Å². The number of ether oxygens (including phenoxy) is 2. The molecule has 0 radical (unpaired) electrons. The molecule has 8 nitrogen and oxygen atoms in total. The maximum atomic E-state index is 12.0. The van der Waals surface area contributed by atoms with Crippen molar-refractivity contribution in [1.29, 1.82) is 0 Å². The van der Waals surface area contributed by atoms with Crippen molar-refractivity contribution in [3.63, 3.8) is 0 Å². The molecular weight excluding hydrogens is 447 g/mol. The summed E-state index contributed by atoms with van der Waals surface area (Å²) in [5.41, 5.74) is 0. The molecule has 0 aliphatic carbocycles. The molecule has 0 aliphatic heterocycles. The minimum absolute atomic E-state index is 0.148. The van der Waals surface area contributed by atoms with E-state index < -0.39 is 32.5 Å². The molecule has 33 heavy (non-hydrogen) atoms. The summed E-state index contributed by atoms with van der Waals surface area (Å²) < 4.78 is 25.3. The zero-order valence-corrected chi connectivity index (χ0v) is 21.4. The van der Waals surface area contributed by atoms with Gasteiger partial charge in [-0.1, -0.05) is 77.4 Å². The van der Waals surface area contributed by atoms with E-state index in [0.29, 0.717) is 6.42 Å². The fourth-order valence-corrected chi connectivity index (χ4v) is 3.53. The Morgan fingerprint density at radius 1 is 0.788 bits per heavy atom. The SMILES string of the molecule is CCCCCCCC/C=C\CCCCCCCC(=O)OC(COC(=O)CC)COP(=O)(O)O. The van der Waals surface area contributed by atoms with Gasteiger partial charge in [0.2, 0.25) is 0 Å². The number of esters is 2.